The SMILES string of the molecule is COc1ccsc1C(=O)NC[C@H]1CCc2nccn2C1. The number of imidazole rings is 1. The molecule has 106 valence electrons. The summed E-state index contributed by atoms with van der Waals surface area (Å²) in [5.41, 5.74) is 0. The van der Waals surface area contributed by atoms with Crippen LogP contribution in [-0.4, -0.2) is 29.1 Å². The minimum absolute atomic E-state index is 0.0479. The maximum atomic E-state index is 12.1. The van der Waals surface area contributed by atoms with Gasteiger partial charge >= 0.3 is 0 Å². The third-order valence-electron chi connectivity index (χ3n) is 3.64. The molecule has 0 spiro atoms. The van der Waals surface area contributed by atoms with Crippen LogP contribution >= 0.6 is 11.3 Å². The average Bonchev–Trinajstić information content (AvgIpc) is 3.12. The summed E-state index contributed by atoms with van der Waals surface area (Å²) in [4.78, 5) is 17.1. The maximum Gasteiger partial charge on any atom is 0.265 e. The fourth-order valence-electron chi connectivity index (χ4n) is 2.54. The van der Waals surface area contributed by atoms with Crippen molar-refractivity contribution in [2.75, 3.05) is 13.7 Å². The molecular formula is C14H17N3O2S. The second-order valence-electron chi connectivity index (χ2n) is 4.93. The van der Waals surface area contributed by atoms with E-state index in [2.05, 4.69) is 14.9 Å². The number of carbonyl (C=O) groups is 1. The molecule has 1 atom stereocenters. The molecule has 1 amide bonds. The first kappa shape index (κ1) is 13.2. The van der Waals surface area contributed by atoms with Gasteiger partial charge in [-0.3, -0.25) is 4.79 Å². The van der Waals surface area contributed by atoms with E-state index in [9.17, 15) is 4.79 Å². The number of hydrogen-bond donors (Lipinski definition) is 1. The number of fused-ring (bicyclic) bond motifs is 1. The Balaban J connectivity index is 1.57. The standard InChI is InChI=1S/C14H17N3O2S/c1-19-11-4-7-20-13(11)14(18)16-8-10-2-3-12-15-5-6-17(12)9-10/h4-7,10H,2-3,8-9H2,1H3,(H,16,18)/t10-/m1/s1. The van der Waals surface area contributed by atoms with E-state index in [1.54, 1.807) is 7.11 Å². The number of aromatic nitrogens is 2. The van der Waals surface area contributed by atoms with Crippen molar-refractivity contribution in [1.29, 1.82) is 0 Å². The lowest BCUT2D eigenvalue weighted by atomic mass is 9.99. The van der Waals surface area contributed by atoms with Crippen LogP contribution in [0.4, 0.5) is 0 Å². The summed E-state index contributed by atoms with van der Waals surface area (Å²) in [6, 6.07) is 1.82. The monoisotopic (exact) mass is 291 g/mol. The lowest BCUT2D eigenvalue weighted by molar-refractivity contribution is 0.0945. The molecule has 0 unspecified atom stereocenters. The normalized spacial score (nSPS) is 17.6. The number of ether oxygens (including phenoxy) is 1. The van der Waals surface area contributed by atoms with E-state index >= 15 is 0 Å². The van der Waals surface area contributed by atoms with E-state index in [-0.39, 0.29) is 5.91 Å². The molecule has 20 heavy (non-hydrogen) atoms. The Morgan fingerprint density at radius 2 is 2.55 bits per heavy atom. The van der Waals surface area contributed by atoms with Crippen molar-refractivity contribution in [2.45, 2.75) is 19.4 Å². The van der Waals surface area contributed by atoms with Crippen LogP contribution in [0.25, 0.3) is 0 Å². The number of rotatable bonds is 4. The second-order valence-corrected chi connectivity index (χ2v) is 5.84. The van der Waals surface area contributed by atoms with Gasteiger partial charge in [-0.1, -0.05) is 0 Å². The van der Waals surface area contributed by atoms with E-state index in [0.29, 0.717) is 23.1 Å². The van der Waals surface area contributed by atoms with Crippen molar-refractivity contribution in [3.8, 4) is 5.75 Å². The van der Waals surface area contributed by atoms with Gasteiger partial charge in [-0.2, -0.15) is 0 Å². The van der Waals surface area contributed by atoms with Gasteiger partial charge in [0, 0.05) is 31.9 Å². The molecule has 0 radical (unpaired) electrons. The number of carbonyl (C=O) groups excluding carboxylic acids is 1. The Morgan fingerprint density at radius 1 is 1.65 bits per heavy atom. The maximum absolute atomic E-state index is 12.1. The molecule has 1 N–H and O–H groups in total. The van der Waals surface area contributed by atoms with E-state index in [1.165, 1.54) is 11.3 Å². The highest BCUT2D eigenvalue weighted by Crippen LogP contribution is 2.24. The number of hydrogen-bond acceptors (Lipinski definition) is 4. The van der Waals surface area contributed by atoms with Gasteiger partial charge in [0.15, 0.2) is 0 Å². The minimum atomic E-state index is -0.0479. The minimum Gasteiger partial charge on any atom is -0.495 e. The molecule has 3 rings (SSSR count). The summed E-state index contributed by atoms with van der Waals surface area (Å²) in [7, 11) is 1.58. The van der Waals surface area contributed by atoms with Gasteiger partial charge in [-0.15, -0.1) is 11.3 Å². The molecule has 0 bridgehead atoms. The van der Waals surface area contributed by atoms with E-state index < -0.39 is 0 Å². The average molecular weight is 291 g/mol. The summed E-state index contributed by atoms with van der Waals surface area (Å²) in [5.74, 6) is 2.21. The summed E-state index contributed by atoms with van der Waals surface area (Å²) < 4.78 is 7.34. The largest absolute Gasteiger partial charge is 0.495 e. The van der Waals surface area contributed by atoms with Crippen molar-refractivity contribution >= 4 is 17.2 Å². The topological polar surface area (TPSA) is 56.1 Å². The Morgan fingerprint density at radius 3 is 3.40 bits per heavy atom. The first-order valence-corrected chi connectivity index (χ1v) is 7.55. The molecule has 0 fully saturated rings. The van der Waals surface area contributed by atoms with Gasteiger partial charge < -0.3 is 14.6 Å². The lowest BCUT2D eigenvalue weighted by Crippen LogP contribution is -2.33. The lowest BCUT2D eigenvalue weighted by Gasteiger charge is -2.23. The van der Waals surface area contributed by atoms with Gasteiger partial charge in [0.2, 0.25) is 0 Å². The Kier molecular flexibility index (Phi) is 3.73. The fraction of sp³-hybridized carbons (Fsp3) is 0.429. The van der Waals surface area contributed by atoms with Crippen LogP contribution in [0.1, 0.15) is 21.9 Å². The van der Waals surface area contributed by atoms with E-state index in [1.807, 2.05) is 23.8 Å². The Labute approximate surface area is 121 Å². The molecule has 1 aliphatic rings. The van der Waals surface area contributed by atoms with Gasteiger partial charge in [0.25, 0.3) is 5.91 Å². The van der Waals surface area contributed by atoms with Crippen molar-refractivity contribution in [3.05, 3.63) is 34.5 Å². The molecule has 6 heteroatoms. The fourth-order valence-corrected chi connectivity index (χ4v) is 3.32. The Bertz CT molecular complexity index is 605. The van der Waals surface area contributed by atoms with Crippen LogP contribution in [0, 0.1) is 5.92 Å². The third-order valence-corrected chi connectivity index (χ3v) is 4.53. The summed E-state index contributed by atoms with van der Waals surface area (Å²) in [6.45, 7) is 1.62. The summed E-state index contributed by atoms with van der Waals surface area (Å²) >= 11 is 1.41. The summed E-state index contributed by atoms with van der Waals surface area (Å²) in [5, 5.41) is 4.88. The molecule has 1 aliphatic heterocycles. The third kappa shape index (κ3) is 2.56. The van der Waals surface area contributed by atoms with Crippen molar-refractivity contribution < 1.29 is 9.53 Å². The molecule has 3 heterocycles. The zero-order valence-electron chi connectivity index (χ0n) is 11.3. The van der Waals surface area contributed by atoms with Crippen LogP contribution in [0.3, 0.4) is 0 Å². The van der Waals surface area contributed by atoms with Crippen molar-refractivity contribution in [3.63, 3.8) is 0 Å². The quantitative estimate of drug-likeness (QED) is 0.936. The number of nitrogens with one attached hydrogen (secondary N) is 1. The first-order valence-electron chi connectivity index (χ1n) is 6.67. The highest BCUT2D eigenvalue weighted by molar-refractivity contribution is 7.12. The number of nitrogens with zero attached hydrogens (tertiary/aromatic N) is 2. The highest BCUT2D eigenvalue weighted by atomic mass is 32.1. The van der Waals surface area contributed by atoms with Crippen molar-refractivity contribution in [1.82, 2.24) is 14.9 Å². The number of methoxy groups -OCH3 is 1. The van der Waals surface area contributed by atoms with Crippen LogP contribution in [-0.2, 0) is 13.0 Å². The molecule has 2 aromatic rings. The molecular weight excluding hydrogens is 274 g/mol. The number of thiophene rings is 1. The zero-order valence-corrected chi connectivity index (χ0v) is 12.2. The second kappa shape index (κ2) is 5.66. The predicted octanol–water partition coefficient (Wildman–Crippen LogP) is 1.95. The number of amides is 1. The molecule has 0 saturated heterocycles. The molecule has 0 saturated carbocycles. The smallest absolute Gasteiger partial charge is 0.265 e. The molecule has 0 aliphatic carbocycles. The highest BCUT2D eigenvalue weighted by Gasteiger charge is 2.20. The van der Waals surface area contributed by atoms with Crippen molar-refractivity contribution in [2.24, 2.45) is 5.92 Å². The predicted molar refractivity (Wildman–Crippen MR) is 77.2 cm³/mol. The molecule has 0 aromatic carbocycles. The van der Waals surface area contributed by atoms with Crippen LogP contribution in [0.2, 0.25) is 0 Å². The van der Waals surface area contributed by atoms with Gasteiger partial charge in [0.1, 0.15) is 16.5 Å². The van der Waals surface area contributed by atoms with Crippen LogP contribution in [0.5, 0.6) is 5.75 Å². The van der Waals surface area contributed by atoms with E-state index in [0.717, 1.165) is 25.2 Å². The van der Waals surface area contributed by atoms with Crippen LogP contribution in [0.15, 0.2) is 23.8 Å². The Hall–Kier alpha value is -1.82. The first-order chi connectivity index (χ1) is 9.78. The van der Waals surface area contributed by atoms with Gasteiger partial charge in [-0.25, -0.2) is 4.98 Å². The van der Waals surface area contributed by atoms with Gasteiger partial charge in [-0.05, 0) is 23.8 Å². The number of aryl methyl sites for hydroxylation is 1. The molecule has 2 aromatic heterocycles. The van der Waals surface area contributed by atoms with E-state index in [4.69, 9.17) is 4.74 Å². The van der Waals surface area contributed by atoms with Gasteiger partial charge in [0.05, 0.1) is 7.11 Å². The molecule has 5 nitrogen and oxygen atoms in total. The van der Waals surface area contributed by atoms with Crippen LogP contribution < -0.4 is 10.1 Å². The summed E-state index contributed by atoms with van der Waals surface area (Å²) in [6.07, 6.45) is 5.90. The zero-order chi connectivity index (χ0) is 13.9.